The Morgan fingerprint density at radius 3 is 2.62 bits per heavy atom. The number of aromatic nitrogens is 4. The number of carbonyl (C=O) groups is 1. The fraction of sp³-hybridized carbons (Fsp3) is 0.350. The summed E-state index contributed by atoms with van der Waals surface area (Å²) < 4.78 is 7.11. The molecular weight excluding hydrogens is 394 g/mol. The fourth-order valence-electron chi connectivity index (χ4n) is 3.48. The van der Waals surface area contributed by atoms with Gasteiger partial charge >= 0.3 is 6.01 Å². The van der Waals surface area contributed by atoms with Gasteiger partial charge in [-0.2, -0.15) is 0 Å². The van der Waals surface area contributed by atoms with Gasteiger partial charge in [0.2, 0.25) is 5.91 Å². The maximum Gasteiger partial charge on any atom is 0.316 e. The first kappa shape index (κ1) is 19.3. The first-order valence-corrected chi connectivity index (χ1v) is 9.84. The van der Waals surface area contributed by atoms with Crippen molar-refractivity contribution < 1.29 is 9.53 Å². The Labute approximate surface area is 171 Å². The molecule has 2 heterocycles. The highest BCUT2D eigenvalue weighted by atomic mass is 35.5. The molecule has 2 aromatic heterocycles. The SMILES string of the molecule is O=C(Cn1cnc2ccccc2c1=O)NC1CCC(Oc2ncc(Cl)cn2)CC1. The first-order valence-electron chi connectivity index (χ1n) is 9.46. The number of hydrogen-bond acceptors (Lipinski definition) is 6. The van der Waals surface area contributed by atoms with Gasteiger partial charge in [0.05, 0.1) is 34.6 Å². The number of para-hydroxylation sites is 1. The molecule has 1 saturated carbocycles. The predicted molar refractivity (Wildman–Crippen MR) is 108 cm³/mol. The van der Waals surface area contributed by atoms with Crippen LogP contribution in [0.4, 0.5) is 0 Å². The molecule has 0 spiro atoms. The van der Waals surface area contributed by atoms with Crippen LogP contribution in [-0.4, -0.2) is 37.6 Å². The molecule has 1 aliphatic carbocycles. The third-order valence-corrected chi connectivity index (χ3v) is 5.15. The number of halogens is 1. The number of nitrogens with zero attached hydrogens (tertiary/aromatic N) is 4. The van der Waals surface area contributed by atoms with Crippen molar-refractivity contribution in [3.8, 4) is 6.01 Å². The molecule has 3 aromatic rings. The summed E-state index contributed by atoms with van der Waals surface area (Å²) in [6, 6.07) is 7.46. The van der Waals surface area contributed by atoms with E-state index in [1.807, 2.05) is 6.07 Å². The fourth-order valence-corrected chi connectivity index (χ4v) is 3.58. The summed E-state index contributed by atoms with van der Waals surface area (Å²) in [4.78, 5) is 37.2. The van der Waals surface area contributed by atoms with E-state index < -0.39 is 0 Å². The second kappa shape index (κ2) is 8.57. The zero-order valence-corrected chi connectivity index (χ0v) is 16.4. The third kappa shape index (κ3) is 4.71. The van der Waals surface area contributed by atoms with Crippen LogP contribution in [-0.2, 0) is 11.3 Å². The van der Waals surface area contributed by atoms with E-state index in [1.165, 1.54) is 23.3 Å². The van der Waals surface area contributed by atoms with E-state index in [2.05, 4.69) is 20.3 Å². The van der Waals surface area contributed by atoms with E-state index in [0.717, 1.165) is 25.7 Å². The summed E-state index contributed by atoms with van der Waals surface area (Å²) >= 11 is 5.77. The van der Waals surface area contributed by atoms with Crippen LogP contribution in [0, 0.1) is 0 Å². The lowest BCUT2D eigenvalue weighted by Gasteiger charge is -2.28. The predicted octanol–water partition coefficient (Wildman–Crippen LogP) is 2.35. The second-order valence-corrected chi connectivity index (χ2v) is 7.47. The lowest BCUT2D eigenvalue weighted by atomic mass is 9.93. The lowest BCUT2D eigenvalue weighted by molar-refractivity contribution is -0.122. The Balaban J connectivity index is 1.29. The number of ether oxygens (including phenoxy) is 1. The van der Waals surface area contributed by atoms with Gasteiger partial charge in [0, 0.05) is 6.04 Å². The summed E-state index contributed by atoms with van der Waals surface area (Å²) in [5.74, 6) is -0.199. The molecule has 1 amide bonds. The molecule has 0 aliphatic heterocycles. The van der Waals surface area contributed by atoms with Crippen LogP contribution < -0.4 is 15.6 Å². The lowest BCUT2D eigenvalue weighted by Crippen LogP contribution is -2.42. The molecule has 8 nitrogen and oxygen atoms in total. The Morgan fingerprint density at radius 1 is 1.14 bits per heavy atom. The van der Waals surface area contributed by atoms with Gasteiger partial charge in [-0.25, -0.2) is 15.0 Å². The van der Waals surface area contributed by atoms with Crippen LogP contribution in [0.2, 0.25) is 5.02 Å². The molecule has 0 bridgehead atoms. The van der Waals surface area contributed by atoms with Gasteiger partial charge in [0.25, 0.3) is 5.56 Å². The quantitative estimate of drug-likeness (QED) is 0.689. The van der Waals surface area contributed by atoms with Crippen LogP contribution in [0.15, 0.2) is 47.8 Å². The molecule has 1 fully saturated rings. The Bertz CT molecular complexity index is 1060. The number of benzene rings is 1. The molecule has 0 saturated heterocycles. The monoisotopic (exact) mass is 413 g/mol. The van der Waals surface area contributed by atoms with Crippen molar-refractivity contribution in [2.24, 2.45) is 0 Å². The van der Waals surface area contributed by atoms with Gasteiger partial charge < -0.3 is 10.1 Å². The molecule has 29 heavy (non-hydrogen) atoms. The van der Waals surface area contributed by atoms with Crippen molar-refractivity contribution >= 4 is 28.4 Å². The second-order valence-electron chi connectivity index (χ2n) is 7.04. The van der Waals surface area contributed by atoms with Crippen LogP contribution in [0.1, 0.15) is 25.7 Å². The first-order chi connectivity index (χ1) is 14.1. The van der Waals surface area contributed by atoms with E-state index in [-0.39, 0.29) is 30.2 Å². The van der Waals surface area contributed by atoms with Crippen LogP contribution >= 0.6 is 11.6 Å². The molecule has 1 aromatic carbocycles. The Kier molecular flexibility index (Phi) is 5.71. The average Bonchev–Trinajstić information content (AvgIpc) is 2.73. The average molecular weight is 414 g/mol. The van der Waals surface area contributed by atoms with Crippen LogP contribution in [0.5, 0.6) is 6.01 Å². The minimum absolute atomic E-state index is 0.0108. The molecule has 1 aliphatic rings. The van der Waals surface area contributed by atoms with E-state index in [1.54, 1.807) is 18.2 Å². The number of fused-ring (bicyclic) bond motifs is 1. The molecule has 150 valence electrons. The van der Waals surface area contributed by atoms with Crippen molar-refractivity contribution in [2.75, 3.05) is 0 Å². The van der Waals surface area contributed by atoms with E-state index in [4.69, 9.17) is 16.3 Å². The van der Waals surface area contributed by atoms with Gasteiger partial charge in [0.15, 0.2) is 0 Å². The van der Waals surface area contributed by atoms with Gasteiger partial charge in [-0.15, -0.1) is 0 Å². The topological polar surface area (TPSA) is 99.0 Å². The standard InChI is InChI=1S/C20H20ClN5O3/c21-13-9-22-20(23-10-13)29-15-7-5-14(6-8-15)25-18(27)11-26-12-24-17-4-2-1-3-16(17)19(26)28/h1-4,9-10,12,14-15H,5-8,11H2,(H,25,27). The minimum Gasteiger partial charge on any atom is -0.460 e. The maximum atomic E-state index is 12.5. The third-order valence-electron chi connectivity index (χ3n) is 4.95. The Morgan fingerprint density at radius 2 is 1.86 bits per heavy atom. The van der Waals surface area contributed by atoms with Gasteiger partial charge in [-0.05, 0) is 37.8 Å². The summed E-state index contributed by atoms with van der Waals surface area (Å²) in [7, 11) is 0. The number of carbonyl (C=O) groups excluding carboxylic acids is 1. The molecule has 0 atom stereocenters. The number of rotatable bonds is 5. The summed E-state index contributed by atoms with van der Waals surface area (Å²) in [6.45, 7) is -0.0499. The molecule has 0 radical (unpaired) electrons. The smallest absolute Gasteiger partial charge is 0.316 e. The van der Waals surface area contributed by atoms with Gasteiger partial charge in [0.1, 0.15) is 12.6 Å². The van der Waals surface area contributed by atoms with Gasteiger partial charge in [-0.3, -0.25) is 14.2 Å². The van der Waals surface area contributed by atoms with Crippen molar-refractivity contribution in [2.45, 2.75) is 44.4 Å². The largest absolute Gasteiger partial charge is 0.460 e. The van der Waals surface area contributed by atoms with E-state index in [9.17, 15) is 9.59 Å². The maximum absolute atomic E-state index is 12.5. The molecular formula is C20H20ClN5O3. The van der Waals surface area contributed by atoms with Crippen molar-refractivity contribution in [3.63, 3.8) is 0 Å². The summed E-state index contributed by atoms with van der Waals surface area (Å²) in [5, 5.41) is 3.97. The normalized spacial score (nSPS) is 19.1. The van der Waals surface area contributed by atoms with Crippen LogP contribution in [0.3, 0.4) is 0 Å². The zero-order chi connectivity index (χ0) is 20.2. The highest BCUT2D eigenvalue weighted by molar-refractivity contribution is 6.30. The van der Waals surface area contributed by atoms with Crippen LogP contribution in [0.25, 0.3) is 10.9 Å². The summed E-state index contributed by atoms with van der Waals surface area (Å²) in [6.07, 6.45) is 7.57. The number of amides is 1. The van der Waals surface area contributed by atoms with Gasteiger partial charge in [-0.1, -0.05) is 23.7 Å². The van der Waals surface area contributed by atoms with E-state index >= 15 is 0 Å². The molecule has 1 N–H and O–H groups in total. The number of hydrogen-bond donors (Lipinski definition) is 1. The van der Waals surface area contributed by atoms with E-state index in [0.29, 0.717) is 21.9 Å². The highest BCUT2D eigenvalue weighted by Gasteiger charge is 2.24. The van der Waals surface area contributed by atoms with Crippen molar-refractivity contribution in [3.05, 3.63) is 58.4 Å². The number of nitrogens with one attached hydrogen (secondary N) is 1. The molecule has 0 unspecified atom stereocenters. The van der Waals surface area contributed by atoms with Crippen molar-refractivity contribution in [1.29, 1.82) is 0 Å². The Hall–Kier alpha value is -3.00. The minimum atomic E-state index is -0.217. The zero-order valence-electron chi connectivity index (χ0n) is 15.6. The highest BCUT2D eigenvalue weighted by Crippen LogP contribution is 2.22. The molecule has 4 rings (SSSR count). The molecule has 9 heteroatoms. The summed E-state index contributed by atoms with van der Waals surface area (Å²) in [5.41, 5.74) is 0.406. The van der Waals surface area contributed by atoms with Crippen molar-refractivity contribution in [1.82, 2.24) is 24.8 Å².